The fourth-order valence-electron chi connectivity index (χ4n) is 2.49. The van der Waals surface area contributed by atoms with Crippen LogP contribution in [-0.2, 0) is 6.42 Å². The van der Waals surface area contributed by atoms with E-state index in [0.717, 1.165) is 36.6 Å². The van der Waals surface area contributed by atoms with Crippen molar-refractivity contribution in [2.24, 2.45) is 11.7 Å². The second-order valence-corrected chi connectivity index (χ2v) is 5.67. The molecule has 1 aromatic rings. The van der Waals surface area contributed by atoms with Crippen molar-refractivity contribution in [3.05, 3.63) is 17.7 Å². The smallest absolute Gasteiger partial charge is 0.132 e. The predicted molar refractivity (Wildman–Crippen MR) is 75.8 cm³/mol. The highest BCUT2D eigenvalue weighted by Gasteiger charge is 2.22. The largest absolute Gasteiger partial charge is 0.496 e. The first kappa shape index (κ1) is 13.6. The molecule has 2 N–H and O–H groups in total. The molecule has 1 heterocycles. The van der Waals surface area contributed by atoms with Gasteiger partial charge >= 0.3 is 0 Å². The van der Waals surface area contributed by atoms with Gasteiger partial charge in [0.05, 0.1) is 19.1 Å². The number of hydrogen-bond donors (Lipinski definition) is 1. The Hall–Kier alpha value is -0.870. The van der Waals surface area contributed by atoms with Gasteiger partial charge in [0.2, 0.25) is 0 Å². The van der Waals surface area contributed by atoms with E-state index < -0.39 is 0 Å². The molecule has 4 heteroatoms. The highest BCUT2D eigenvalue weighted by Crippen LogP contribution is 2.42. The van der Waals surface area contributed by atoms with Crippen molar-refractivity contribution in [3.8, 4) is 11.5 Å². The van der Waals surface area contributed by atoms with E-state index in [1.807, 2.05) is 23.9 Å². The second kappa shape index (κ2) is 6.34. The SMILES string of the molecule is COc1ccc(OC)c2c1CC(CCN)CCS2. The Bertz CT molecular complexity index is 409. The number of nitrogens with two attached hydrogens (primary N) is 1. The van der Waals surface area contributed by atoms with Gasteiger partial charge in [0.1, 0.15) is 11.5 Å². The molecule has 0 aromatic heterocycles. The molecule has 1 aliphatic heterocycles. The Morgan fingerprint density at radius 1 is 1.28 bits per heavy atom. The van der Waals surface area contributed by atoms with E-state index in [1.54, 1.807) is 14.2 Å². The highest BCUT2D eigenvalue weighted by molar-refractivity contribution is 7.99. The Morgan fingerprint density at radius 2 is 2.00 bits per heavy atom. The number of methoxy groups -OCH3 is 2. The molecule has 3 nitrogen and oxygen atoms in total. The average Bonchev–Trinajstić information content (AvgIpc) is 2.60. The molecule has 0 fully saturated rings. The third kappa shape index (κ3) is 2.75. The van der Waals surface area contributed by atoms with Crippen LogP contribution in [0.5, 0.6) is 11.5 Å². The lowest BCUT2D eigenvalue weighted by Gasteiger charge is -2.17. The van der Waals surface area contributed by atoms with Gasteiger partial charge in [0.25, 0.3) is 0 Å². The van der Waals surface area contributed by atoms with Crippen molar-refractivity contribution in [2.75, 3.05) is 26.5 Å². The monoisotopic (exact) mass is 267 g/mol. The molecule has 0 saturated carbocycles. The summed E-state index contributed by atoms with van der Waals surface area (Å²) >= 11 is 1.87. The molecule has 0 radical (unpaired) electrons. The number of hydrogen-bond acceptors (Lipinski definition) is 4. The molecule has 0 amide bonds. The molecule has 1 unspecified atom stereocenters. The third-order valence-corrected chi connectivity index (χ3v) is 4.64. The van der Waals surface area contributed by atoms with Crippen molar-refractivity contribution < 1.29 is 9.47 Å². The molecule has 1 aliphatic rings. The summed E-state index contributed by atoms with van der Waals surface area (Å²) in [7, 11) is 3.46. The lowest BCUT2D eigenvalue weighted by molar-refractivity contribution is 0.383. The van der Waals surface area contributed by atoms with E-state index in [0.29, 0.717) is 5.92 Å². The van der Waals surface area contributed by atoms with E-state index in [9.17, 15) is 0 Å². The summed E-state index contributed by atoms with van der Waals surface area (Å²) in [4.78, 5) is 1.25. The molecule has 1 atom stereocenters. The van der Waals surface area contributed by atoms with E-state index in [2.05, 4.69) is 0 Å². The number of ether oxygens (including phenoxy) is 2. The summed E-state index contributed by atoms with van der Waals surface area (Å²) in [6.45, 7) is 0.761. The van der Waals surface area contributed by atoms with Gasteiger partial charge in [0, 0.05) is 5.56 Å². The number of fused-ring (bicyclic) bond motifs is 1. The Morgan fingerprint density at radius 3 is 2.67 bits per heavy atom. The molecular weight excluding hydrogens is 246 g/mol. The minimum Gasteiger partial charge on any atom is -0.496 e. The summed E-state index contributed by atoms with van der Waals surface area (Å²) in [5.41, 5.74) is 6.98. The van der Waals surface area contributed by atoms with Gasteiger partial charge in [-0.1, -0.05) is 0 Å². The Balaban J connectivity index is 2.37. The third-order valence-electron chi connectivity index (χ3n) is 3.46. The zero-order chi connectivity index (χ0) is 13.0. The molecule has 2 rings (SSSR count). The lowest BCUT2D eigenvalue weighted by Crippen LogP contribution is -2.11. The normalized spacial score (nSPS) is 18.9. The van der Waals surface area contributed by atoms with Gasteiger partial charge in [0.15, 0.2) is 0 Å². The Kier molecular flexibility index (Phi) is 4.78. The van der Waals surface area contributed by atoms with Gasteiger partial charge in [-0.25, -0.2) is 0 Å². The topological polar surface area (TPSA) is 44.5 Å². The molecule has 100 valence electrons. The fourth-order valence-corrected chi connectivity index (χ4v) is 3.80. The van der Waals surface area contributed by atoms with Crippen LogP contribution in [-0.4, -0.2) is 26.5 Å². The van der Waals surface area contributed by atoms with Gasteiger partial charge in [-0.15, -0.1) is 11.8 Å². The van der Waals surface area contributed by atoms with Crippen LogP contribution >= 0.6 is 11.8 Å². The first-order chi connectivity index (χ1) is 8.80. The quantitative estimate of drug-likeness (QED) is 0.911. The van der Waals surface area contributed by atoms with E-state index >= 15 is 0 Å². The first-order valence-corrected chi connectivity index (χ1v) is 7.35. The van der Waals surface area contributed by atoms with Crippen LogP contribution < -0.4 is 15.2 Å². The maximum absolute atomic E-state index is 5.69. The minimum absolute atomic E-state index is 0.657. The van der Waals surface area contributed by atoms with Crippen molar-refractivity contribution in [3.63, 3.8) is 0 Å². The van der Waals surface area contributed by atoms with Gasteiger partial charge in [-0.3, -0.25) is 0 Å². The fraction of sp³-hybridized carbons (Fsp3) is 0.571. The van der Waals surface area contributed by atoms with Crippen LogP contribution in [0.2, 0.25) is 0 Å². The molecule has 0 saturated heterocycles. The summed E-state index contributed by atoms with van der Waals surface area (Å²) in [6, 6.07) is 4.00. The van der Waals surface area contributed by atoms with Gasteiger partial charge in [-0.05, 0) is 49.6 Å². The van der Waals surface area contributed by atoms with E-state index in [1.165, 1.54) is 16.9 Å². The van der Waals surface area contributed by atoms with Crippen LogP contribution in [0.25, 0.3) is 0 Å². The Labute approximate surface area is 113 Å². The van der Waals surface area contributed by atoms with Crippen molar-refractivity contribution in [2.45, 2.75) is 24.2 Å². The average molecular weight is 267 g/mol. The van der Waals surface area contributed by atoms with Crippen LogP contribution in [0.1, 0.15) is 18.4 Å². The summed E-state index contributed by atoms with van der Waals surface area (Å²) in [6.07, 6.45) is 3.34. The second-order valence-electron chi connectivity index (χ2n) is 4.56. The lowest BCUT2D eigenvalue weighted by atomic mass is 9.93. The van der Waals surface area contributed by atoms with Crippen molar-refractivity contribution >= 4 is 11.8 Å². The molecule has 18 heavy (non-hydrogen) atoms. The standard InChI is InChI=1S/C14H21NO2S/c1-16-12-3-4-13(17-2)14-11(12)9-10(5-7-15)6-8-18-14/h3-4,10H,5-9,15H2,1-2H3. The van der Waals surface area contributed by atoms with Crippen LogP contribution in [0.3, 0.4) is 0 Å². The zero-order valence-corrected chi connectivity index (χ0v) is 11.9. The van der Waals surface area contributed by atoms with Crippen molar-refractivity contribution in [1.82, 2.24) is 0 Å². The van der Waals surface area contributed by atoms with Gasteiger partial charge in [-0.2, -0.15) is 0 Å². The molecule has 1 aromatic carbocycles. The van der Waals surface area contributed by atoms with Crippen LogP contribution in [0.15, 0.2) is 17.0 Å². The van der Waals surface area contributed by atoms with Gasteiger partial charge < -0.3 is 15.2 Å². The van der Waals surface area contributed by atoms with Crippen molar-refractivity contribution in [1.29, 1.82) is 0 Å². The maximum Gasteiger partial charge on any atom is 0.132 e. The minimum atomic E-state index is 0.657. The predicted octanol–water partition coefficient (Wildman–Crippen LogP) is 2.71. The molecular formula is C14H21NO2S. The summed E-state index contributed by atoms with van der Waals surface area (Å²) in [5, 5.41) is 0. The number of benzene rings is 1. The van der Waals surface area contributed by atoms with E-state index in [-0.39, 0.29) is 0 Å². The van der Waals surface area contributed by atoms with E-state index in [4.69, 9.17) is 15.2 Å². The molecule has 0 spiro atoms. The molecule has 0 aliphatic carbocycles. The molecule has 0 bridgehead atoms. The highest BCUT2D eigenvalue weighted by atomic mass is 32.2. The number of thioether (sulfide) groups is 1. The number of rotatable bonds is 4. The summed E-state index contributed by atoms with van der Waals surface area (Å²) in [5.74, 6) is 3.72. The van der Waals surface area contributed by atoms with Crippen LogP contribution in [0.4, 0.5) is 0 Å². The maximum atomic E-state index is 5.69. The zero-order valence-electron chi connectivity index (χ0n) is 11.1. The summed E-state index contributed by atoms with van der Waals surface area (Å²) < 4.78 is 11.0. The first-order valence-electron chi connectivity index (χ1n) is 6.36. The van der Waals surface area contributed by atoms with Crippen LogP contribution in [0, 0.1) is 5.92 Å².